The van der Waals surface area contributed by atoms with Gasteiger partial charge in [0.25, 0.3) is 0 Å². The normalized spacial score (nSPS) is 20.4. The van der Waals surface area contributed by atoms with Crippen molar-refractivity contribution >= 4 is 5.82 Å². The van der Waals surface area contributed by atoms with Crippen LogP contribution in [0.15, 0.2) is 12.4 Å². The van der Waals surface area contributed by atoms with Gasteiger partial charge in [-0.3, -0.25) is 0 Å². The molecule has 1 saturated heterocycles. The molecule has 1 aromatic heterocycles. The van der Waals surface area contributed by atoms with E-state index in [0.717, 1.165) is 18.1 Å². The standard InChI is InChI=1S/C12H16N4O/c1-9(2)11-5-12(15-8-14-11)16-3-4-17-10(6-13)7-16/h5,8-10H,3-4,7H2,1-2H3. The molecule has 1 aliphatic heterocycles. The minimum Gasteiger partial charge on any atom is -0.360 e. The van der Waals surface area contributed by atoms with Crippen molar-refractivity contribution in [2.75, 3.05) is 24.6 Å². The molecule has 0 aromatic carbocycles. The molecule has 0 aliphatic carbocycles. The van der Waals surface area contributed by atoms with Crippen LogP contribution in [0.25, 0.3) is 0 Å². The second-order valence-corrected chi connectivity index (χ2v) is 4.39. The average molecular weight is 232 g/mol. The highest BCUT2D eigenvalue weighted by atomic mass is 16.5. The summed E-state index contributed by atoms with van der Waals surface area (Å²) in [4.78, 5) is 10.6. The summed E-state index contributed by atoms with van der Waals surface area (Å²) in [6, 6.07) is 4.12. The lowest BCUT2D eigenvalue weighted by molar-refractivity contribution is 0.0761. The van der Waals surface area contributed by atoms with Crippen molar-refractivity contribution in [2.24, 2.45) is 0 Å². The summed E-state index contributed by atoms with van der Waals surface area (Å²) in [5, 5.41) is 8.86. The van der Waals surface area contributed by atoms with Gasteiger partial charge in [0.1, 0.15) is 12.1 Å². The van der Waals surface area contributed by atoms with Gasteiger partial charge in [0.2, 0.25) is 0 Å². The molecule has 0 spiro atoms. The molecule has 1 unspecified atom stereocenters. The number of nitrogens with zero attached hydrogens (tertiary/aromatic N) is 4. The van der Waals surface area contributed by atoms with Crippen molar-refractivity contribution in [2.45, 2.75) is 25.9 Å². The third kappa shape index (κ3) is 2.71. The molecule has 1 fully saturated rings. The topological polar surface area (TPSA) is 62.0 Å². The Bertz CT molecular complexity index is 427. The van der Waals surface area contributed by atoms with E-state index in [1.807, 2.05) is 6.07 Å². The van der Waals surface area contributed by atoms with Crippen molar-refractivity contribution in [3.63, 3.8) is 0 Å². The zero-order chi connectivity index (χ0) is 12.3. The van der Waals surface area contributed by atoms with E-state index in [1.165, 1.54) is 0 Å². The van der Waals surface area contributed by atoms with Gasteiger partial charge in [-0.05, 0) is 5.92 Å². The van der Waals surface area contributed by atoms with Gasteiger partial charge in [-0.15, -0.1) is 0 Å². The number of hydrogen-bond acceptors (Lipinski definition) is 5. The highest BCUT2D eigenvalue weighted by molar-refractivity contribution is 5.40. The average Bonchev–Trinajstić information content (AvgIpc) is 2.39. The molecule has 5 nitrogen and oxygen atoms in total. The minimum atomic E-state index is -0.360. The molecule has 17 heavy (non-hydrogen) atoms. The number of aromatic nitrogens is 2. The molecule has 2 heterocycles. The van der Waals surface area contributed by atoms with Crippen LogP contribution in [-0.4, -0.2) is 35.8 Å². The van der Waals surface area contributed by atoms with E-state index in [1.54, 1.807) is 6.33 Å². The maximum Gasteiger partial charge on any atom is 0.161 e. The maximum absolute atomic E-state index is 8.86. The van der Waals surface area contributed by atoms with E-state index in [-0.39, 0.29) is 6.10 Å². The van der Waals surface area contributed by atoms with Crippen molar-refractivity contribution in [1.82, 2.24) is 9.97 Å². The Labute approximate surface area is 101 Å². The fourth-order valence-electron chi connectivity index (χ4n) is 1.79. The van der Waals surface area contributed by atoms with E-state index in [4.69, 9.17) is 10.00 Å². The van der Waals surface area contributed by atoms with E-state index >= 15 is 0 Å². The van der Waals surface area contributed by atoms with Crippen LogP contribution in [0.1, 0.15) is 25.5 Å². The van der Waals surface area contributed by atoms with E-state index < -0.39 is 0 Å². The third-order valence-electron chi connectivity index (χ3n) is 2.80. The van der Waals surface area contributed by atoms with E-state index in [9.17, 15) is 0 Å². The quantitative estimate of drug-likeness (QED) is 0.769. The molecule has 1 atom stereocenters. The molecule has 0 radical (unpaired) electrons. The van der Waals surface area contributed by atoms with Crippen molar-refractivity contribution in [3.8, 4) is 6.07 Å². The maximum atomic E-state index is 8.86. The smallest absolute Gasteiger partial charge is 0.161 e. The lowest BCUT2D eigenvalue weighted by Gasteiger charge is -2.30. The third-order valence-corrected chi connectivity index (χ3v) is 2.80. The van der Waals surface area contributed by atoms with Gasteiger partial charge >= 0.3 is 0 Å². The second kappa shape index (κ2) is 5.11. The Hall–Kier alpha value is -1.67. The largest absolute Gasteiger partial charge is 0.360 e. The van der Waals surface area contributed by atoms with E-state index in [2.05, 4.69) is 34.8 Å². The van der Waals surface area contributed by atoms with Crippen LogP contribution in [0, 0.1) is 11.3 Å². The molecule has 90 valence electrons. The first-order chi connectivity index (χ1) is 8.20. The van der Waals surface area contributed by atoms with Gasteiger partial charge in [0.15, 0.2) is 6.10 Å². The molecule has 5 heteroatoms. The van der Waals surface area contributed by atoms with Crippen molar-refractivity contribution < 1.29 is 4.74 Å². The predicted molar refractivity (Wildman–Crippen MR) is 63.7 cm³/mol. The number of ether oxygens (including phenoxy) is 1. The van der Waals surface area contributed by atoms with Crippen LogP contribution in [0.2, 0.25) is 0 Å². The highest BCUT2D eigenvalue weighted by Gasteiger charge is 2.21. The molecular weight excluding hydrogens is 216 g/mol. The molecule has 0 N–H and O–H groups in total. The molecular formula is C12H16N4O. The highest BCUT2D eigenvalue weighted by Crippen LogP contribution is 2.18. The number of nitriles is 1. The summed E-state index contributed by atoms with van der Waals surface area (Å²) >= 11 is 0. The molecule has 0 amide bonds. The fourth-order valence-corrected chi connectivity index (χ4v) is 1.79. The summed E-state index contributed by atoms with van der Waals surface area (Å²) in [5.41, 5.74) is 1.02. The lowest BCUT2D eigenvalue weighted by Crippen LogP contribution is -2.42. The van der Waals surface area contributed by atoms with Gasteiger partial charge in [0.05, 0.1) is 19.2 Å². The zero-order valence-corrected chi connectivity index (χ0v) is 10.1. The van der Waals surface area contributed by atoms with Crippen LogP contribution in [0.3, 0.4) is 0 Å². The molecule has 0 bridgehead atoms. The Balaban J connectivity index is 2.16. The van der Waals surface area contributed by atoms with Gasteiger partial charge in [-0.1, -0.05) is 13.8 Å². The van der Waals surface area contributed by atoms with Crippen LogP contribution in [-0.2, 0) is 4.74 Å². The van der Waals surface area contributed by atoms with Crippen LogP contribution >= 0.6 is 0 Å². The summed E-state index contributed by atoms with van der Waals surface area (Å²) in [6.45, 7) is 6.12. The van der Waals surface area contributed by atoms with Gasteiger partial charge in [-0.2, -0.15) is 5.26 Å². The minimum absolute atomic E-state index is 0.360. The summed E-state index contributed by atoms with van der Waals surface area (Å²) in [6.07, 6.45) is 1.22. The first kappa shape index (κ1) is 11.8. The van der Waals surface area contributed by atoms with Crippen molar-refractivity contribution in [1.29, 1.82) is 5.26 Å². The molecule has 1 aliphatic rings. The zero-order valence-electron chi connectivity index (χ0n) is 10.1. The lowest BCUT2D eigenvalue weighted by atomic mass is 10.1. The Morgan fingerprint density at radius 2 is 2.35 bits per heavy atom. The summed E-state index contributed by atoms with van der Waals surface area (Å²) < 4.78 is 5.31. The van der Waals surface area contributed by atoms with Gasteiger partial charge in [-0.25, -0.2) is 9.97 Å². The summed E-state index contributed by atoms with van der Waals surface area (Å²) in [5.74, 6) is 1.26. The monoisotopic (exact) mass is 232 g/mol. The first-order valence-corrected chi connectivity index (χ1v) is 5.79. The second-order valence-electron chi connectivity index (χ2n) is 4.39. The van der Waals surface area contributed by atoms with Gasteiger partial charge < -0.3 is 9.64 Å². The van der Waals surface area contributed by atoms with Crippen LogP contribution in [0.5, 0.6) is 0 Å². The predicted octanol–water partition coefficient (Wildman–Crippen LogP) is 1.33. The summed E-state index contributed by atoms with van der Waals surface area (Å²) in [7, 11) is 0. The molecule has 1 aromatic rings. The number of anilines is 1. The Morgan fingerprint density at radius 3 is 3.06 bits per heavy atom. The Morgan fingerprint density at radius 1 is 1.53 bits per heavy atom. The van der Waals surface area contributed by atoms with Gasteiger partial charge in [0, 0.05) is 18.3 Å². The van der Waals surface area contributed by atoms with E-state index in [0.29, 0.717) is 19.1 Å². The molecule has 2 rings (SSSR count). The number of morpholine rings is 1. The number of hydrogen-bond donors (Lipinski definition) is 0. The van der Waals surface area contributed by atoms with Crippen LogP contribution < -0.4 is 4.90 Å². The van der Waals surface area contributed by atoms with Crippen molar-refractivity contribution in [3.05, 3.63) is 18.1 Å². The van der Waals surface area contributed by atoms with Crippen LogP contribution in [0.4, 0.5) is 5.82 Å². The SMILES string of the molecule is CC(C)c1cc(N2CCOC(C#N)C2)ncn1. The number of rotatable bonds is 2. The molecule has 0 saturated carbocycles. The Kier molecular flexibility index (Phi) is 3.55. The first-order valence-electron chi connectivity index (χ1n) is 5.79. The fraction of sp³-hybridized carbons (Fsp3) is 0.583.